The van der Waals surface area contributed by atoms with Crippen molar-refractivity contribution < 1.29 is 14.3 Å². The Labute approximate surface area is 155 Å². The van der Waals surface area contributed by atoms with Gasteiger partial charge in [0.05, 0.1) is 6.10 Å². The maximum Gasteiger partial charge on any atom is 0.230 e. The first kappa shape index (κ1) is 17.5. The molecule has 0 radical (unpaired) electrons. The first-order valence-electron chi connectivity index (χ1n) is 10.0. The standard InChI is InChI=1S/C21H28N2O3/c24-20(22-14-18-5-3-13-26-18)16-7-9-17(10-8-16)21(25)23-12-11-15-4-1-2-6-19(15)23/h1-2,4,6,16-18H,3,5,7-14H2,(H,22,24). The molecule has 5 heteroatoms. The van der Waals surface area contributed by atoms with Gasteiger partial charge in [-0.15, -0.1) is 0 Å². The summed E-state index contributed by atoms with van der Waals surface area (Å²) in [7, 11) is 0. The van der Waals surface area contributed by atoms with Crippen molar-refractivity contribution in [2.45, 2.75) is 51.0 Å². The van der Waals surface area contributed by atoms with E-state index >= 15 is 0 Å². The molecule has 0 aromatic heterocycles. The van der Waals surface area contributed by atoms with Crippen molar-refractivity contribution in [2.75, 3.05) is 24.6 Å². The first-order valence-corrected chi connectivity index (χ1v) is 10.0. The number of hydrogen-bond acceptors (Lipinski definition) is 3. The van der Waals surface area contributed by atoms with E-state index in [4.69, 9.17) is 4.74 Å². The van der Waals surface area contributed by atoms with Crippen molar-refractivity contribution in [3.05, 3.63) is 29.8 Å². The van der Waals surface area contributed by atoms with Crippen LogP contribution in [0.5, 0.6) is 0 Å². The van der Waals surface area contributed by atoms with Crippen molar-refractivity contribution >= 4 is 17.5 Å². The smallest absolute Gasteiger partial charge is 0.230 e. The lowest BCUT2D eigenvalue weighted by atomic mass is 9.81. The Morgan fingerprint density at radius 3 is 2.62 bits per heavy atom. The number of ether oxygens (including phenoxy) is 1. The van der Waals surface area contributed by atoms with E-state index in [0.717, 1.165) is 63.8 Å². The SMILES string of the molecule is O=C(NCC1CCCO1)C1CCC(C(=O)N2CCc3ccccc32)CC1. The van der Waals surface area contributed by atoms with Crippen LogP contribution in [0.4, 0.5) is 5.69 Å². The Hall–Kier alpha value is -1.88. The third kappa shape index (κ3) is 3.63. The summed E-state index contributed by atoms with van der Waals surface area (Å²) in [6.45, 7) is 2.23. The fourth-order valence-electron chi connectivity index (χ4n) is 4.55. The summed E-state index contributed by atoms with van der Waals surface area (Å²) in [6, 6.07) is 8.19. The Bertz CT molecular complexity index is 661. The molecule has 140 valence electrons. The molecule has 1 N–H and O–H groups in total. The molecule has 4 rings (SSSR count). The van der Waals surface area contributed by atoms with Crippen LogP contribution in [0.25, 0.3) is 0 Å². The molecule has 1 aromatic rings. The van der Waals surface area contributed by atoms with E-state index in [1.165, 1.54) is 5.56 Å². The highest BCUT2D eigenvalue weighted by molar-refractivity contribution is 5.97. The molecule has 1 saturated heterocycles. The number of fused-ring (bicyclic) bond motifs is 1. The molecule has 2 fully saturated rings. The largest absolute Gasteiger partial charge is 0.376 e. The fraction of sp³-hybridized carbons (Fsp3) is 0.619. The first-order chi connectivity index (χ1) is 12.7. The number of amides is 2. The lowest BCUT2D eigenvalue weighted by molar-refractivity contribution is -0.129. The Kier molecular flexibility index (Phi) is 5.25. The number of para-hydroxylation sites is 1. The van der Waals surface area contributed by atoms with Gasteiger partial charge in [0, 0.05) is 37.2 Å². The molecular formula is C21H28N2O3. The topological polar surface area (TPSA) is 58.6 Å². The highest BCUT2D eigenvalue weighted by atomic mass is 16.5. The van der Waals surface area contributed by atoms with Crippen molar-refractivity contribution in [2.24, 2.45) is 11.8 Å². The Morgan fingerprint density at radius 1 is 1.08 bits per heavy atom. The number of benzene rings is 1. The van der Waals surface area contributed by atoms with Gasteiger partial charge < -0.3 is 15.0 Å². The third-order valence-corrected chi connectivity index (χ3v) is 6.13. The van der Waals surface area contributed by atoms with Gasteiger partial charge >= 0.3 is 0 Å². The molecule has 2 amide bonds. The van der Waals surface area contributed by atoms with E-state index in [0.29, 0.717) is 6.54 Å². The van der Waals surface area contributed by atoms with Crippen LogP contribution in [0.1, 0.15) is 44.1 Å². The summed E-state index contributed by atoms with van der Waals surface area (Å²) in [5.74, 6) is 0.487. The van der Waals surface area contributed by atoms with E-state index in [-0.39, 0.29) is 29.8 Å². The highest BCUT2D eigenvalue weighted by Gasteiger charge is 2.34. The maximum absolute atomic E-state index is 12.9. The summed E-state index contributed by atoms with van der Waals surface area (Å²) < 4.78 is 5.56. The minimum Gasteiger partial charge on any atom is -0.376 e. The van der Waals surface area contributed by atoms with Gasteiger partial charge in [0.1, 0.15) is 0 Å². The van der Waals surface area contributed by atoms with E-state index in [1.54, 1.807) is 0 Å². The molecule has 1 saturated carbocycles. The van der Waals surface area contributed by atoms with Gasteiger partial charge in [0.15, 0.2) is 0 Å². The minimum atomic E-state index is 0.0475. The normalized spacial score (nSPS) is 28.0. The molecule has 1 aliphatic carbocycles. The molecule has 5 nitrogen and oxygen atoms in total. The summed E-state index contributed by atoms with van der Waals surface area (Å²) in [4.78, 5) is 27.3. The zero-order valence-electron chi connectivity index (χ0n) is 15.3. The zero-order valence-corrected chi connectivity index (χ0v) is 15.3. The fourth-order valence-corrected chi connectivity index (χ4v) is 4.55. The average Bonchev–Trinajstić information content (AvgIpc) is 3.35. The van der Waals surface area contributed by atoms with Gasteiger partial charge in [-0.3, -0.25) is 9.59 Å². The van der Waals surface area contributed by atoms with Crippen molar-refractivity contribution in [3.63, 3.8) is 0 Å². The van der Waals surface area contributed by atoms with Crippen LogP contribution in [-0.4, -0.2) is 37.6 Å². The molecular weight excluding hydrogens is 328 g/mol. The molecule has 1 unspecified atom stereocenters. The lowest BCUT2D eigenvalue weighted by Gasteiger charge is -2.30. The van der Waals surface area contributed by atoms with Crippen molar-refractivity contribution in [1.82, 2.24) is 5.32 Å². The van der Waals surface area contributed by atoms with Crippen LogP contribution in [0.15, 0.2) is 24.3 Å². The van der Waals surface area contributed by atoms with E-state index < -0.39 is 0 Å². The number of carbonyl (C=O) groups excluding carboxylic acids is 2. The number of nitrogens with one attached hydrogen (secondary N) is 1. The van der Waals surface area contributed by atoms with Crippen LogP contribution in [0.2, 0.25) is 0 Å². The van der Waals surface area contributed by atoms with E-state index in [1.807, 2.05) is 23.1 Å². The second-order valence-corrected chi connectivity index (χ2v) is 7.80. The van der Waals surface area contributed by atoms with Crippen molar-refractivity contribution in [3.8, 4) is 0 Å². The van der Waals surface area contributed by atoms with Crippen LogP contribution in [0.3, 0.4) is 0 Å². The molecule has 26 heavy (non-hydrogen) atoms. The monoisotopic (exact) mass is 356 g/mol. The van der Waals surface area contributed by atoms with Gasteiger partial charge in [0.2, 0.25) is 11.8 Å². The van der Waals surface area contributed by atoms with Crippen molar-refractivity contribution in [1.29, 1.82) is 0 Å². The molecule has 1 atom stereocenters. The average molecular weight is 356 g/mol. The van der Waals surface area contributed by atoms with E-state index in [9.17, 15) is 9.59 Å². The van der Waals surface area contributed by atoms with Gasteiger partial charge in [-0.2, -0.15) is 0 Å². The van der Waals surface area contributed by atoms with E-state index in [2.05, 4.69) is 11.4 Å². The predicted molar refractivity (Wildman–Crippen MR) is 99.9 cm³/mol. The molecule has 2 heterocycles. The number of rotatable bonds is 4. The zero-order chi connectivity index (χ0) is 17.9. The number of nitrogens with zero attached hydrogens (tertiary/aromatic N) is 1. The summed E-state index contributed by atoms with van der Waals surface area (Å²) >= 11 is 0. The van der Waals surface area contributed by atoms with Gasteiger partial charge in [-0.25, -0.2) is 0 Å². The van der Waals surface area contributed by atoms with Gasteiger partial charge in [-0.05, 0) is 56.6 Å². The molecule has 1 aromatic carbocycles. The Morgan fingerprint density at radius 2 is 1.85 bits per heavy atom. The number of carbonyl (C=O) groups is 2. The number of hydrogen-bond donors (Lipinski definition) is 1. The quantitative estimate of drug-likeness (QED) is 0.902. The Balaban J connectivity index is 1.27. The van der Waals surface area contributed by atoms with Gasteiger partial charge in [0.25, 0.3) is 0 Å². The highest BCUT2D eigenvalue weighted by Crippen LogP contribution is 2.34. The minimum absolute atomic E-state index is 0.0475. The molecule has 3 aliphatic rings. The summed E-state index contributed by atoms with van der Waals surface area (Å²) in [6.07, 6.45) is 6.51. The second kappa shape index (κ2) is 7.78. The van der Waals surface area contributed by atoms with Crippen LogP contribution in [0, 0.1) is 11.8 Å². The maximum atomic E-state index is 12.9. The lowest BCUT2D eigenvalue weighted by Crippen LogP contribution is -2.40. The van der Waals surface area contributed by atoms with Crippen LogP contribution in [-0.2, 0) is 20.7 Å². The molecule has 0 spiro atoms. The third-order valence-electron chi connectivity index (χ3n) is 6.13. The summed E-state index contributed by atoms with van der Waals surface area (Å²) in [5.41, 5.74) is 2.34. The van der Waals surface area contributed by atoms with Gasteiger partial charge in [-0.1, -0.05) is 18.2 Å². The number of anilines is 1. The summed E-state index contributed by atoms with van der Waals surface area (Å²) in [5, 5.41) is 3.05. The predicted octanol–water partition coefficient (Wildman–Crippen LogP) is 2.68. The van der Waals surface area contributed by atoms with Crippen LogP contribution >= 0.6 is 0 Å². The molecule has 2 aliphatic heterocycles. The van der Waals surface area contributed by atoms with Crippen LogP contribution < -0.4 is 10.2 Å². The molecule has 0 bridgehead atoms. The second-order valence-electron chi connectivity index (χ2n) is 7.80.